The van der Waals surface area contributed by atoms with Gasteiger partial charge in [0.1, 0.15) is 0 Å². The number of anilines is 1. The van der Waals surface area contributed by atoms with Gasteiger partial charge in [-0.2, -0.15) is 0 Å². The van der Waals surface area contributed by atoms with E-state index < -0.39 is 0 Å². The molecule has 0 saturated heterocycles. The van der Waals surface area contributed by atoms with Crippen molar-refractivity contribution in [2.24, 2.45) is 0 Å². The van der Waals surface area contributed by atoms with Crippen LogP contribution < -0.4 is 5.32 Å². The molecule has 0 aliphatic heterocycles. The number of benzene rings is 3. The normalized spacial score (nSPS) is 10.9. The number of thioether (sulfide) groups is 1. The minimum Gasteiger partial charge on any atom is -0.324 e. The zero-order chi connectivity index (χ0) is 22.7. The molecule has 0 radical (unpaired) electrons. The topological polar surface area (TPSA) is 59.8 Å². The largest absolute Gasteiger partial charge is 0.324 e. The van der Waals surface area contributed by atoms with Crippen molar-refractivity contribution >= 4 is 58.2 Å². The number of hydrogen-bond acceptors (Lipinski definition) is 4. The number of halogens is 3. The van der Waals surface area contributed by atoms with E-state index in [0.29, 0.717) is 31.7 Å². The molecule has 1 N–H and O–H groups in total. The van der Waals surface area contributed by atoms with Crippen LogP contribution in [0, 0.1) is 6.92 Å². The standard InChI is InChI=1S/C23H17Cl3N4OS/c1-14-6-5-7-15(10-14)22-28-29-23(30(22)16-8-3-2-4-9-16)32-13-21(31)27-20-12-18(25)17(24)11-19(20)26/h2-12H,13H2,1H3,(H,27,31). The molecule has 32 heavy (non-hydrogen) atoms. The van der Waals surface area contributed by atoms with Gasteiger partial charge in [0.15, 0.2) is 11.0 Å². The fraction of sp³-hybridized carbons (Fsp3) is 0.0870. The number of amides is 1. The lowest BCUT2D eigenvalue weighted by molar-refractivity contribution is -0.113. The molecule has 4 rings (SSSR count). The second-order valence-electron chi connectivity index (χ2n) is 6.93. The van der Waals surface area contributed by atoms with Gasteiger partial charge < -0.3 is 5.32 Å². The van der Waals surface area contributed by atoms with Crippen LogP contribution in [0.5, 0.6) is 0 Å². The van der Waals surface area contributed by atoms with E-state index in [4.69, 9.17) is 34.8 Å². The van der Waals surface area contributed by atoms with E-state index in [1.165, 1.54) is 23.9 Å². The van der Waals surface area contributed by atoms with Gasteiger partial charge in [-0.25, -0.2) is 0 Å². The van der Waals surface area contributed by atoms with Crippen LogP contribution in [0.1, 0.15) is 5.56 Å². The maximum atomic E-state index is 12.6. The third kappa shape index (κ3) is 5.10. The summed E-state index contributed by atoms with van der Waals surface area (Å²) in [4.78, 5) is 12.6. The highest BCUT2D eigenvalue weighted by atomic mass is 35.5. The Labute approximate surface area is 204 Å². The number of carbonyl (C=O) groups excluding carboxylic acids is 1. The fourth-order valence-electron chi connectivity index (χ4n) is 3.08. The minimum absolute atomic E-state index is 0.107. The summed E-state index contributed by atoms with van der Waals surface area (Å²) < 4.78 is 1.94. The molecule has 0 aliphatic carbocycles. The highest BCUT2D eigenvalue weighted by molar-refractivity contribution is 7.99. The van der Waals surface area contributed by atoms with Crippen LogP contribution in [0.25, 0.3) is 17.1 Å². The van der Waals surface area contributed by atoms with Crippen LogP contribution in [0.2, 0.25) is 15.1 Å². The second-order valence-corrected chi connectivity index (χ2v) is 9.09. The van der Waals surface area contributed by atoms with E-state index in [1.807, 2.05) is 60.0 Å². The molecule has 1 heterocycles. The Balaban J connectivity index is 1.59. The first-order valence-electron chi connectivity index (χ1n) is 9.57. The Morgan fingerprint density at radius 2 is 1.69 bits per heavy atom. The third-order valence-corrected chi connectivity index (χ3v) is 6.50. The summed E-state index contributed by atoms with van der Waals surface area (Å²) in [6, 6.07) is 20.9. The van der Waals surface area contributed by atoms with Gasteiger partial charge in [0.25, 0.3) is 0 Å². The van der Waals surface area contributed by atoms with Crippen molar-refractivity contribution in [1.29, 1.82) is 0 Å². The molecule has 162 valence electrons. The summed E-state index contributed by atoms with van der Waals surface area (Å²) >= 11 is 19.4. The van der Waals surface area contributed by atoms with E-state index >= 15 is 0 Å². The smallest absolute Gasteiger partial charge is 0.234 e. The van der Waals surface area contributed by atoms with Crippen LogP contribution >= 0.6 is 46.6 Å². The Morgan fingerprint density at radius 1 is 0.938 bits per heavy atom. The maximum absolute atomic E-state index is 12.6. The lowest BCUT2D eigenvalue weighted by Gasteiger charge is -2.11. The van der Waals surface area contributed by atoms with Crippen molar-refractivity contribution < 1.29 is 4.79 Å². The molecule has 0 aliphatic rings. The van der Waals surface area contributed by atoms with Crippen LogP contribution in [-0.2, 0) is 4.79 Å². The Bertz CT molecular complexity index is 1280. The van der Waals surface area contributed by atoms with Crippen LogP contribution in [0.15, 0.2) is 71.9 Å². The molecule has 0 saturated carbocycles. The van der Waals surface area contributed by atoms with Crippen molar-refractivity contribution in [2.45, 2.75) is 12.1 Å². The van der Waals surface area contributed by atoms with Gasteiger partial charge in [-0.15, -0.1) is 10.2 Å². The summed E-state index contributed by atoms with van der Waals surface area (Å²) in [5.41, 5.74) is 3.37. The maximum Gasteiger partial charge on any atom is 0.234 e. The van der Waals surface area contributed by atoms with Crippen LogP contribution in [0.3, 0.4) is 0 Å². The Kier molecular flexibility index (Phi) is 7.06. The highest BCUT2D eigenvalue weighted by Crippen LogP contribution is 2.33. The monoisotopic (exact) mass is 502 g/mol. The number of hydrogen-bond donors (Lipinski definition) is 1. The zero-order valence-corrected chi connectivity index (χ0v) is 19.9. The molecule has 0 unspecified atom stereocenters. The molecule has 0 fully saturated rings. The van der Waals surface area contributed by atoms with Gasteiger partial charge in [0, 0.05) is 11.3 Å². The van der Waals surface area contributed by atoms with Gasteiger partial charge in [-0.3, -0.25) is 9.36 Å². The van der Waals surface area contributed by atoms with Crippen molar-refractivity contribution in [3.05, 3.63) is 87.4 Å². The number of aryl methyl sites for hydroxylation is 1. The first-order valence-corrected chi connectivity index (χ1v) is 11.7. The zero-order valence-electron chi connectivity index (χ0n) is 16.8. The van der Waals surface area contributed by atoms with Gasteiger partial charge in [-0.1, -0.05) is 88.5 Å². The summed E-state index contributed by atoms with van der Waals surface area (Å²) in [5, 5.41) is 13.1. The van der Waals surface area contributed by atoms with Crippen molar-refractivity contribution in [2.75, 3.05) is 11.1 Å². The molecule has 0 spiro atoms. The number of rotatable bonds is 6. The first-order chi connectivity index (χ1) is 15.4. The predicted molar refractivity (Wildman–Crippen MR) is 132 cm³/mol. The van der Waals surface area contributed by atoms with Crippen LogP contribution in [-0.4, -0.2) is 26.4 Å². The number of para-hydroxylation sites is 1. The van der Waals surface area contributed by atoms with Gasteiger partial charge >= 0.3 is 0 Å². The van der Waals surface area contributed by atoms with Crippen molar-refractivity contribution in [3.8, 4) is 17.1 Å². The highest BCUT2D eigenvalue weighted by Gasteiger charge is 2.18. The molecule has 3 aromatic carbocycles. The predicted octanol–water partition coefficient (Wildman–Crippen LogP) is 6.93. The average Bonchev–Trinajstić information content (AvgIpc) is 3.21. The van der Waals surface area contributed by atoms with Gasteiger partial charge in [0.05, 0.1) is 26.5 Å². The number of nitrogens with zero attached hydrogens (tertiary/aromatic N) is 3. The van der Waals surface area contributed by atoms with E-state index in [9.17, 15) is 4.79 Å². The number of aromatic nitrogens is 3. The first kappa shape index (κ1) is 22.7. The van der Waals surface area contributed by atoms with E-state index in [-0.39, 0.29) is 11.7 Å². The lowest BCUT2D eigenvalue weighted by Crippen LogP contribution is -2.15. The average molecular weight is 504 g/mol. The molecule has 1 aromatic heterocycles. The van der Waals surface area contributed by atoms with Crippen LogP contribution in [0.4, 0.5) is 5.69 Å². The van der Waals surface area contributed by atoms with Gasteiger partial charge in [0.2, 0.25) is 5.91 Å². The van der Waals surface area contributed by atoms with Gasteiger partial charge in [-0.05, 0) is 37.3 Å². The summed E-state index contributed by atoms with van der Waals surface area (Å²) in [6.45, 7) is 2.03. The molecular weight excluding hydrogens is 487 g/mol. The molecule has 0 bridgehead atoms. The van der Waals surface area contributed by atoms with E-state index in [2.05, 4.69) is 21.6 Å². The molecule has 4 aromatic rings. The number of nitrogens with one attached hydrogen (secondary N) is 1. The molecular formula is C23H17Cl3N4OS. The lowest BCUT2D eigenvalue weighted by atomic mass is 10.1. The molecule has 9 heteroatoms. The van der Waals surface area contributed by atoms with E-state index in [0.717, 1.165) is 16.8 Å². The fourth-order valence-corrected chi connectivity index (χ4v) is 4.43. The second kappa shape index (κ2) is 9.96. The summed E-state index contributed by atoms with van der Waals surface area (Å²) in [7, 11) is 0. The summed E-state index contributed by atoms with van der Waals surface area (Å²) in [6.07, 6.45) is 0. The van der Waals surface area contributed by atoms with Crippen molar-refractivity contribution in [1.82, 2.24) is 14.8 Å². The quantitative estimate of drug-likeness (QED) is 0.229. The van der Waals surface area contributed by atoms with Crippen molar-refractivity contribution in [3.63, 3.8) is 0 Å². The van der Waals surface area contributed by atoms with E-state index in [1.54, 1.807) is 0 Å². The minimum atomic E-state index is -0.255. The number of carbonyl (C=O) groups is 1. The molecule has 5 nitrogen and oxygen atoms in total. The summed E-state index contributed by atoms with van der Waals surface area (Å²) in [5.74, 6) is 0.556. The molecule has 1 amide bonds. The Hall–Kier alpha value is -2.51. The Morgan fingerprint density at radius 3 is 2.44 bits per heavy atom. The third-order valence-electron chi connectivity index (χ3n) is 4.54. The molecule has 0 atom stereocenters. The SMILES string of the molecule is Cc1cccc(-c2nnc(SCC(=O)Nc3cc(Cl)c(Cl)cc3Cl)n2-c2ccccc2)c1.